The second-order valence-corrected chi connectivity index (χ2v) is 4.83. The molecule has 0 fully saturated rings. The number of rotatable bonds is 7. The van der Waals surface area contributed by atoms with Gasteiger partial charge in [-0.3, -0.25) is 0 Å². The van der Waals surface area contributed by atoms with Crippen molar-refractivity contribution in [3.8, 4) is 11.5 Å². The summed E-state index contributed by atoms with van der Waals surface area (Å²) in [5, 5.41) is 3.61. The summed E-state index contributed by atoms with van der Waals surface area (Å²) in [4.78, 5) is 0. The van der Waals surface area contributed by atoms with E-state index >= 15 is 0 Å². The molecule has 2 rings (SSSR count). The Morgan fingerprint density at radius 1 is 1.17 bits per heavy atom. The van der Waals surface area contributed by atoms with Gasteiger partial charge in [0.05, 0.1) is 0 Å². The van der Waals surface area contributed by atoms with Crippen molar-refractivity contribution in [3.05, 3.63) is 23.8 Å². The molecule has 0 amide bonds. The maximum absolute atomic E-state index is 5.42. The van der Waals surface area contributed by atoms with Crippen LogP contribution in [-0.4, -0.2) is 19.4 Å². The zero-order chi connectivity index (χ0) is 12.8. The van der Waals surface area contributed by atoms with Crippen LogP contribution in [0.1, 0.15) is 38.7 Å². The molecule has 3 heteroatoms. The van der Waals surface area contributed by atoms with E-state index in [9.17, 15) is 0 Å². The highest BCUT2D eigenvalue weighted by Gasteiger charge is 2.15. The predicted octanol–water partition coefficient (Wildman–Crippen LogP) is 3.13. The van der Waals surface area contributed by atoms with E-state index in [1.165, 1.54) is 24.8 Å². The third kappa shape index (κ3) is 3.39. The summed E-state index contributed by atoms with van der Waals surface area (Å²) in [5.41, 5.74) is 1.32. The minimum Gasteiger partial charge on any atom is -0.454 e. The zero-order valence-electron chi connectivity index (χ0n) is 11.4. The fourth-order valence-electron chi connectivity index (χ4n) is 2.33. The molecular formula is C15H23NO2. The lowest BCUT2D eigenvalue weighted by Gasteiger charge is -2.18. The molecule has 0 saturated heterocycles. The number of ether oxygens (including phenoxy) is 2. The van der Waals surface area contributed by atoms with E-state index in [2.05, 4.69) is 31.3 Å². The van der Waals surface area contributed by atoms with E-state index in [0.29, 0.717) is 12.8 Å². The third-order valence-corrected chi connectivity index (χ3v) is 3.24. The molecule has 1 aliphatic rings. The Morgan fingerprint density at radius 3 is 2.78 bits per heavy atom. The van der Waals surface area contributed by atoms with Crippen molar-refractivity contribution < 1.29 is 9.47 Å². The van der Waals surface area contributed by atoms with Crippen molar-refractivity contribution in [3.63, 3.8) is 0 Å². The lowest BCUT2D eigenvalue weighted by Crippen LogP contribution is -2.31. The van der Waals surface area contributed by atoms with Gasteiger partial charge >= 0.3 is 0 Å². The molecule has 1 N–H and O–H groups in total. The maximum atomic E-state index is 5.42. The summed E-state index contributed by atoms with van der Waals surface area (Å²) in [7, 11) is 0. The van der Waals surface area contributed by atoms with Crippen LogP contribution in [0.5, 0.6) is 11.5 Å². The van der Waals surface area contributed by atoms with Gasteiger partial charge in [0.2, 0.25) is 6.79 Å². The summed E-state index contributed by atoms with van der Waals surface area (Å²) < 4.78 is 10.8. The molecule has 0 spiro atoms. The smallest absolute Gasteiger partial charge is 0.231 e. The molecule has 0 bridgehead atoms. The monoisotopic (exact) mass is 249 g/mol. The van der Waals surface area contributed by atoms with Crippen LogP contribution in [0.2, 0.25) is 0 Å². The molecule has 18 heavy (non-hydrogen) atoms. The largest absolute Gasteiger partial charge is 0.454 e. The molecule has 1 atom stereocenters. The van der Waals surface area contributed by atoms with Crippen LogP contribution in [0.25, 0.3) is 0 Å². The number of fused-ring (bicyclic) bond motifs is 1. The van der Waals surface area contributed by atoms with Gasteiger partial charge in [-0.1, -0.05) is 26.3 Å². The quantitative estimate of drug-likeness (QED) is 0.805. The van der Waals surface area contributed by atoms with Gasteiger partial charge in [0, 0.05) is 6.04 Å². The Morgan fingerprint density at radius 2 is 2.00 bits per heavy atom. The van der Waals surface area contributed by atoms with Crippen molar-refractivity contribution in [2.75, 3.05) is 13.3 Å². The van der Waals surface area contributed by atoms with Crippen LogP contribution >= 0.6 is 0 Å². The van der Waals surface area contributed by atoms with E-state index in [4.69, 9.17) is 9.47 Å². The minimum absolute atomic E-state index is 0.352. The van der Waals surface area contributed by atoms with Crippen LogP contribution in [0.15, 0.2) is 18.2 Å². The molecule has 100 valence electrons. The normalized spacial score (nSPS) is 14.8. The van der Waals surface area contributed by atoms with E-state index < -0.39 is 0 Å². The maximum Gasteiger partial charge on any atom is 0.231 e. The van der Waals surface area contributed by atoms with E-state index in [0.717, 1.165) is 24.5 Å². The molecule has 1 aromatic carbocycles. The van der Waals surface area contributed by atoms with Gasteiger partial charge in [0.25, 0.3) is 0 Å². The second kappa shape index (κ2) is 6.64. The molecule has 1 heterocycles. The van der Waals surface area contributed by atoms with Gasteiger partial charge in [-0.2, -0.15) is 0 Å². The van der Waals surface area contributed by atoms with Crippen LogP contribution < -0.4 is 14.8 Å². The first-order valence-corrected chi connectivity index (χ1v) is 6.95. The average molecular weight is 249 g/mol. The van der Waals surface area contributed by atoms with Crippen molar-refractivity contribution in [1.82, 2.24) is 5.32 Å². The van der Waals surface area contributed by atoms with Gasteiger partial charge < -0.3 is 14.8 Å². The van der Waals surface area contributed by atoms with Crippen LogP contribution in [0.3, 0.4) is 0 Å². The summed E-state index contributed by atoms with van der Waals surface area (Å²) >= 11 is 0. The molecule has 0 aliphatic carbocycles. The predicted molar refractivity (Wildman–Crippen MR) is 73.3 cm³/mol. The first-order valence-electron chi connectivity index (χ1n) is 6.95. The van der Waals surface area contributed by atoms with Crippen LogP contribution in [-0.2, 0) is 6.42 Å². The molecule has 0 saturated carbocycles. The van der Waals surface area contributed by atoms with Crippen LogP contribution in [0.4, 0.5) is 0 Å². The summed E-state index contributed by atoms with van der Waals surface area (Å²) in [6.45, 7) is 5.89. The molecule has 1 aliphatic heterocycles. The Bertz CT molecular complexity index is 379. The molecular weight excluding hydrogens is 226 g/mol. The Kier molecular flexibility index (Phi) is 4.88. The summed E-state index contributed by atoms with van der Waals surface area (Å²) in [6.07, 6.45) is 4.67. The van der Waals surface area contributed by atoms with Crippen molar-refractivity contribution in [2.45, 2.75) is 45.6 Å². The molecule has 3 nitrogen and oxygen atoms in total. The third-order valence-electron chi connectivity index (χ3n) is 3.24. The van der Waals surface area contributed by atoms with E-state index in [1.807, 2.05) is 6.07 Å². The fourth-order valence-corrected chi connectivity index (χ4v) is 2.33. The highest BCUT2D eigenvalue weighted by Crippen LogP contribution is 2.32. The Balaban J connectivity index is 1.97. The molecule has 0 unspecified atom stereocenters. The van der Waals surface area contributed by atoms with Crippen molar-refractivity contribution >= 4 is 0 Å². The zero-order valence-corrected chi connectivity index (χ0v) is 11.4. The number of hydrogen-bond acceptors (Lipinski definition) is 3. The topological polar surface area (TPSA) is 30.5 Å². The SMILES string of the molecule is CCCN[C@H](CCC)Cc1ccc2c(c1)OCO2. The van der Waals surface area contributed by atoms with Gasteiger partial charge in [-0.25, -0.2) is 0 Å². The highest BCUT2D eigenvalue weighted by atomic mass is 16.7. The Hall–Kier alpha value is -1.22. The van der Waals surface area contributed by atoms with E-state index in [1.54, 1.807) is 0 Å². The second-order valence-electron chi connectivity index (χ2n) is 4.83. The number of hydrogen-bond donors (Lipinski definition) is 1. The van der Waals surface area contributed by atoms with E-state index in [-0.39, 0.29) is 0 Å². The highest BCUT2D eigenvalue weighted by molar-refractivity contribution is 5.44. The first-order chi connectivity index (χ1) is 8.83. The average Bonchev–Trinajstić information content (AvgIpc) is 2.83. The first kappa shape index (κ1) is 13.2. The fraction of sp³-hybridized carbons (Fsp3) is 0.600. The number of nitrogens with one attached hydrogen (secondary N) is 1. The minimum atomic E-state index is 0.352. The van der Waals surface area contributed by atoms with Crippen molar-refractivity contribution in [2.24, 2.45) is 0 Å². The van der Waals surface area contributed by atoms with Gasteiger partial charge in [-0.15, -0.1) is 0 Å². The molecule has 1 aromatic rings. The van der Waals surface area contributed by atoms with Crippen LogP contribution in [0, 0.1) is 0 Å². The van der Waals surface area contributed by atoms with Crippen molar-refractivity contribution in [1.29, 1.82) is 0 Å². The van der Waals surface area contributed by atoms with Gasteiger partial charge in [0.1, 0.15) is 0 Å². The number of benzene rings is 1. The van der Waals surface area contributed by atoms with Gasteiger partial charge in [0.15, 0.2) is 11.5 Å². The lowest BCUT2D eigenvalue weighted by atomic mass is 10.0. The van der Waals surface area contributed by atoms with Gasteiger partial charge in [-0.05, 0) is 43.5 Å². The Labute approximate surface area is 109 Å². The lowest BCUT2D eigenvalue weighted by molar-refractivity contribution is 0.174. The summed E-state index contributed by atoms with van der Waals surface area (Å²) in [5.74, 6) is 1.76. The molecule has 0 radical (unpaired) electrons. The summed E-state index contributed by atoms with van der Waals surface area (Å²) in [6, 6.07) is 6.83. The molecule has 0 aromatic heterocycles. The standard InChI is InChI=1S/C15H23NO2/c1-3-5-13(16-8-4-2)9-12-6-7-14-15(10-12)18-11-17-14/h6-7,10,13,16H,3-5,8-9,11H2,1-2H3/t13-/m1/s1.